The Morgan fingerprint density at radius 3 is 2.89 bits per heavy atom. The first-order valence-corrected chi connectivity index (χ1v) is 7.24. The molecule has 2 fully saturated rings. The van der Waals surface area contributed by atoms with Crippen molar-refractivity contribution in [2.45, 2.75) is 44.1 Å². The molecule has 0 aromatic heterocycles. The molecular formula is C13H15BrN2O3. The van der Waals surface area contributed by atoms with Crippen LogP contribution in [0.5, 0.6) is 0 Å². The van der Waals surface area contributed by atoms with Crippen LogP contribution in [0, 0.1) is 10.1 Å². The molecule has 1 aromatic carbocycles. The standard InChI is InChI=1S/C13H15BrN2O3/c14-9-3-8(4-10(5-9)16(17)18)7-15-12-6-11-1-2-13(12)19-11/h3-5,11-13,15H,1-2,6-7H2. The van der Waals surface area contributed by atoms with Crippen LogP contribution >= 0.6 is 15.9 Å². The first kappa shape index (κ1) is 13.0. The summed E-state index contributed by atoms with van der Waals surface area (Å²) in [7, 11) is 0. The largest absolute Gasteiger partial charge is 0.373 e. The average molecular weight is 327 g/mol. The number of ether oxygens (including phenoxy) is 1. The third kappa shape index (κ3) is 2.80. The molecule has 3 unspecified atom stereocenters. The topological polar surface area (TPSA) is 64.4 Å². The van der Waals surface area contributed by atoms with E-state index in [0.717, 1.165) is 22.9 Å². The highest BCUT2D eigenvalue weighted by Gasteiger charge is 2.40. The van der Waals surface area contributed by atoms with Gasteiger partial charge in [0.25, 0.3) is 5.69 Å². The van der Waals surface area contributed by atoms with E-state index in [1.54, 1.807) is 6.07 Å². The summed E-state index contributed by atoms with van der Waals surface area (Å²) in [4.78, 5) is 10.4. The van der Waals surface area contributed by atoms with Gasteiger partial charge >= 0.3 is 0 Å². The van der Waals surface area contributed by atoms with Crippen molar-refractivity contribution in [1.29, 1.82) is 0 Å². The van der Waals surface area contributed by atoms with Gasteiger partial charge in [0.15, 0.2) is 0 Å². The van der Waals surface area contributed by atoms with Crippen LogP contribution in [0.25, 0.3) is 0 Å². The van der Waals surface area contributed by atoms with Gasteiger partial charge in [0, 0.05) is 29.2 Å². The molecule has 0 radical (unpaired) electrons. The van der Waals surface area contributed by atoms with Gasteiger partial charge in [-0.05, 0) is 30.9 Å². The smallest absolute Gasteiger partial charge is 0.270 e. The molecule has 19 heavy (non-hydrogen) atoms. The molecule has 0 saturated carbocycles. The zero-order chi connectivity index (χ0) is 13.4. The summed E-state index contributed by atoms with van der Waals surface area (Å²) in [6.07, 6.45) is 4.10. The number of benzene rings is 1. The van der Waals surface area contributed by atoms with Crippen molar-refractivity contribution >= 4 is 21.6 Å². The first-order chi connectivity index (χ1) is 9.11. The summed E-state index contributed by atoms with van der Waals surface area (Å²) in [6, 6.07) is 5.43. The van der Waals surface area contributed by atoms with Crippen molar-refractivity contribution in [2.75, 3.05) is 0 Å². The van der Waals surface area contributed by atoms with Crippen molar-refractivity contribution in [1.82, 2.24) is 5.32 Å². The molecule has 0 aliphatic carbocycles. The number of nitrogens with one attached hydrogen (secondary N) is 1. The van der Waals surface area contributed by atoms with E-state index >= 15 is 0 Å². The number of nitro groups is 1. The van der Waals surface area contributed by atoms with Crippen LogP contribution in [-0.2, 0) is 11.3 Å². The van der Waals surface area contributed by atoms with E-state index in [0.29, 0.717) is 24.8 Å². The SMILES string of the molecule is O=[N+]([O-])c1cc(Br)cc(CNC2CC3CCC2O3)c1. The van der Waals surface area contributed by atoms with Crippen molar-refractivity contribution in [3.05, 3.63) is 38.3 Å². The molecule has 1 N–H and O–H groups in total. The molecule has 2 heterocycles. The monoisotopic (exact) mass is 326 g/mol. The van der Waals surface area contributed by atoms with Gasteiger partial charge in [-0.1, -0.05) is 15.9 Å². The number of halogens is 1. The minimum Gasteiger partial charge on any atom is -0.373 e. The van der Waals surface area contributed by atoms with Gasteiger partial charge in [-0.3, -0.25) is 10.1 Å². The lowest BCUT2D eigenvalue weighted by molar-refractivity contribution is -0.385. The lowest BCUT2D eigenvalue weighted by atomic mass is 9.95. The number of fused-ring (bicyclic) bond motifs is 2. The minimum atomic E-state index is -0.366. The third-order valence-electron chi connectivity index (χ3n) is 3.83. The Balaban J connectivity index is 1.65. The predicted molar refractivity (Wildman–Crippen MR) is 73.9 cm³/mol. The van der Waals surface area contributed by atoms with Gasteiger partial charge in [-0.25, -0.2) is 0 Å². The predicted octanol–water partition coefficient (Wildman–Crippen LogP) is 2.77. The van der Waals surface area contributed by atoms with E-state index in [1.165, 1.54) is 12.5 Å². The van der Waals surface area contributed by atoms with E-state index < -0.39 is 0 Å². The van der Waals surface area contributed by atoms with Gasteiger partial charge in [0.05, 0.1) is 17.1 Å². The Hall–Kier alpha value is -0.980. The summed E-state index contributed by atoms with van der Waals surface area (Å²) in [5.74, 6) is 0. The number of hydrogen-bond acceptors (Lipinski definition) is 4. The summed E-state index contributed by atoms with van der Waals surface area (Å²) >= 11 is 3.31. The van der Waals surface area contributed by atoms with Crippen LogP contribution in [0.15, 0.2) is 22.7 Å². The second kappa shape index (κ2) is 5.19. The van der Waals surface area contributed by atoms with Crippen LogP contribution in [0.3, 0.4) is 0 Å². The van der Waals surface area contributed by atoms with Gasteiger partial charge in [0.1, 0.15) is 0 Å². The number of rotatable bonds is 4. The van der Waals surface area contributed by atoms with Gasteiger partial charge in [-0.15, -0.1) is 0 Å². The molecule has 2 bridgehead atoms. The average Bonchev–Trinajstić information content (AvgIpc) is 2.97. The maximum atomic E-state index is 10.8. The highest BCUT2D eigenvalue weighted by atomic mass is 79.9. The zero-order valence-corrected chi connectivity index (χ0v) is 11.9. The fourth-order valence-corrected chi connectivity index (χ4v) is 3.47. The molecule has 2 saturated heterocycles. The normalized spacial score (nSPS) is 28.8. The molecule has 0 amide bonds. The van der Waals surface area contributed by atoms with E-state index in [-0.39, 0.29) is 10.6 Å². The van der Waals surface area contributed by atoms with Crippen LogP contribution in [0.4, 0.5) is 5.69 Å². The van der Waals surface area contributed by atoms with Crippen LogP contribution in [0.1, 0.15) is 24.8 Å². The Kier molecular flexibility index (Phi) is 3.56. The molecule has 102 valence electrons. The van der Waals surface area contributed by atoms with Crippen LogP contribution in [-0.4, -0.2) is 23.2 Å². The lowest BCUT2D eigenvalue weighted by Gasteiger charge is -2.20. The third-order valence-corrected chi connectivity index (χ3v) is 4.29. The minimum absolute atomic E-state index is 0.121. The summed E-state index contributed by atoms with van der Waals surface area (Å²) in [5.41, 5.74) is 1.04. The number of nitro benzene ring substituents is 1. The van der Waals surface area contributed by atoms with Crippen LogP contribution < -0.4 is 5.32 Å². The van der Waals surface area contributed by atoms with Crippen LogP contribution in [0.2, 0.25) is 0 Å². The molecular weight excluding hydrogens is 312 g/mol. The number of nitrogens with zero attached hydrogens (tertiary/aromatic N) is 1. The summed E-state index contributed by atoms with van der Waals surface area (Å²) in [5, 5.41) is 14.3. The highest BCUT2D eigenvalue weighted by molar-refractivity contribution is 9.10. The van der Waals surface area contributed by atoms with Crippen molar-refractivity contribution < 1.29 is 9.66 Å². The second-order valence-electron chi connectivity index (χ2n) is 5.17. The number of non-ortho nitro benzene ring substituents is 1. The Morgan fingerprint density at radius 1 is 1.42 bits per heavy atom. The molecule has 0 spiro atoms. The quantitative estimate of drug-likeness (QED) is 0.682. The first-order valence-electron chi connectivity index (χ1n) is 6.44. The Bertz CT molecular complexity index is 509. The zero-order valence-electron chi connectivity index (χ0n) is 10.3. The summed E-state index contributed by atoms with van der Waals surface area (Å²) in [6.45, 7) is 0.636. The molecule has 3 atom stereocenters. The van der Waals surface area contributed by atoms with Crippen molar-refractivity contribution in [3.8, 4) is 0 Å². The molecule has 2 aliphatic heterocycles. The van der Waals surface area contributed by atoms with Crippen molar-refractivity contribution in [3.63, 3.8) is 0 Å². The van der Waals surface area contributed by atoms with E-state index in [9.17, 15) is 10.1 Å². The Labute approximate surface area is 119 Å². The lowest BCUT2D eigenvalue weighted by Crippen LogP contribution is -2.36. The number of hydrogen-bond donors (Lipinski definition) is 1. The van der Waals surface area contributed by atoms with E-state index in [2.05, 4.69) is 21.2 Å². The summed E-state index contributed by atoms with van der Waals surface area (Å²) < 4.78 is 6.52. The molecule has 1 aromatic rings. The highest BCUT2D eigenvalue weighted by Crippen LogP contribution is 2.34. The fourth-order valence-electron chi connectivity index (χ4n) is 2.94. The van der Waals surface area contributed by atoms with E-state index in [1.807, 2.05) is 6.07 Å². The fraction of sp³-hybridized carbons (Fsp3) is 0.538. The second-order valence-corrected chi connectivity index (χ2v) is 6.09. The van der Waals surface area contributed by atoms with E-state index in [4.69, 9.17) is 4.74 Å². The maximum absolute atomic E-state index is 10.8. The maximum Gasteiger partial charge on any atom is 0.270 e. The molecule has 3 rings (SSSR count). The van der Waals surface area contributed by atoms with Gasteiger partial charge in [0.2, 0.25) is 0 Å². The molecule has 2 aliphatic rings. The molecule has 6 heteroatoms. The molecule has 5 nitrogen and oxygen atoms in total. The Morgan fingerprint density at radius 2 is 2.26 bits per heavy atom. The van der Waals surface area contributed by atoms with Crippen molar-refractivity contribution in [2.24, 2.45) is 0 Å². The van der Waals surface area contributed by atoms with Gasteiger partial charge in [-0.2, -0.15) is 0 Å². The van der Waals surface area contributed by atoms with Gasteiger partial charge < -0.3 is 10.1 Å².